The van der Waals surface area contributed by atoms with Gasteiger partial charge in [0.25, 0.3) is 0 Å². The molecule has 2 rings (SSSR count). The number of aliphatic hydroxyl groups is 1. The molecule has 0 atom stereocenters. The van der Waals surface area contributed by atoms with Crippen molar-refractivity contribution < 1.29 is 5.11 Å². The fourth-order valence-electron chi connectivity index (χ4n) is 1.64. The van der Waals surface area contributed by atoms with Crippen LogP contribution in [0.15, 0.2) is 36.4 Å². The highest BCUT2D eigenvalue weighted by Gasteiger charge is 2.02. The summed E-state index contributed by atoms with van der Waals surface area (Å²) < 4.78 is 0. The van der Waals surface area contributed by atoms with E-state index in [0.717, 1.165) is 36.5 Å². The largest absolute Gasteiger partial charge is 0.396 e. The van der Waals surface area contributed by atoms with Crippen LogP contribution in [0.1, 0.15) is 12.1 Å². The predicted molar refractivity (Wildman–Crippen MR) is 67.4 cm³/mol. The van der Waals surface area contributed by atoms with Crippen LogP contribution >= 0.6 is 0 Å². The summed E-state index contributed by atoms with van der Waals surface area (Å²) in [4.78, 5) is 0. The van der Waals surface area contributed by atoms with Gasteiger partial charge < -0.3 is 10.4 Å². The first-order valence-electron chi connectivity index (χ1n) is 5.81. The number of aromatic amines is 1. The van der Waals surface area contributed by atoms with Crippen molar-refractivity contribution in [1.82, 2.24) is 15.5 Å². The second kappa shape index (κ2) is 6.18. The van der Waals surface area contributed by atoms with Crippen molar-refractivity contribution in [2.45, 2.75) is 13.0 Å². The fourth-order valence-corrected chi connectivity index (χ4v) is 1.64. The summed E-state index contributed by atoms with van der Waals surface area (Å²) in [6.45, 7) is 1.79. The van der Waals surface area contributed by atoms with Gasteiger partial charge in [-0.25, -0.2) is 0 Å². The summed E-state index contributed by atoms with van der Waals surface area (Å²) in [7, 11) is 0. The highest BCUT2D eigenvalue weighted by atomic mass is 16.3. The number of aliphatic hydroxyl groups excluding tert-OH is 1. The Morgan fingerprint density at radius 3 is 2.82 bits per heavy atom. The van der Waals surface area contributed by atoms with E-state index in [1.165, 1.54) is 0 Å². The number of hydrogen-bond acceptors (Lipinski definition) is 3. The van der Waals surface area contributed by atoms with Gasteiger partial charge in [-0.3, -0.25) is 5.10 Å². The van der Waals surface area contributed by atoms with Crippen molar-refractivity contribution in [3.63, 3.8) is 0 Å². The molecule has 1 heterocycles. The Morgan fingerprint density at radius 1 is 1.24 bits per heavy atom. The Kier molecular flexibility index (Phi) is 4.30. The third kappa shape index (κ3) is 3.41. The predicted octanol–water partition coefficient (Wildman–Crippen LogP) is 1.55. The maximum absolute atomic E-state index is 8.66. The van der Waals surface area contributed by atoms with Gasteiger partial charge in [0.15, 0.2) is 0 Å². The quantitative estimate of drug-likeness (QED) is 0.661. The molecule has 0 spiro atoms. The Hall–Kier alpha value is -1.65. The number of H-pyrrole nitrogens is 1. The van der Waals surface area contributed by atoms with E-state index in [-0.39, 0.29) is 6.61 Å². The number of rotatable bonds is 6. The van der Waals surface area contributed by atoms with Crippen molar-refractivity contribution in [2.75, 3.05) is 13.2 Å². The van der Waals surface area contributed by atoms with E-state index in [1.54, 1.807) is 0 Å². The molecule has 90 valence electrons. The highest BCUT2D eigenvalue weighted by Crippen LogP contribution is 2.16. The molecular formula is C13H17N3O. The topological polar surface area (TPSA) is 60.9 Å². The molecule has 0 aliphatic carbocycles. The lowest BCUT2D eigenvalue weighted by molar-refractivity contribution is 0.286. The molecule has 3 N–H and O–H groups in total. The second-order valence-corrected chi connectivity index (χ2v) is 3.90. The molecule has 0 aliphatic heterocycles. The molecule has 0 amide bonds. The molecule has 0 radical (unpaired) electrons. The molecule has 4 nitrogen and oxygen atoms in total. The van der Waals surface area contributed by atoms with Crippen LogP contribution in [0.4, 0.5) is 0 Å². The number of aromatic nitrogens is 2. The highest BCUT2D eigenvalue weighted by molar-refractivity contribution is 5.58. The third-order valence-electron chi connectivity index (χ3n) is 2.53. The molecular weight excluding hydrogens is 214 g/mol. The van der Waals surface area contributed by atoms with Crippen LogP contribution in [0.5, 0.6) is 0 Å². The first kappa shape index (κ1) is 11.8. The second-order valence-electron chi connectivity index (χ2n) is 3.90. The summed E-state index contributed by atoms with van der Waals surface area (Å²) in [5, 5.41) is 19.2. The molecule has 0 fully saturated rings. The van der Waals surface area contributed by atoms with Crippen molar-refractivity contribution in [3.8, 4) is 11.3 Å². The smallest absolute Gasteiger partial charge is 0.0924 e. The molecule has 1 aromatic heterocycles. The fraction of sp³-hybridized carbons (Fsp3) is 0.308. The SMILES string of the molecule is OCCCNCc1cc(-c2ccccc2)n[nH]1. The summed E-state index contributed by atoms with van der Waals surface area (Å²) >= 11 is 0. The molecule has 0 unspecified atom stereocenters. The molecule has 4 heteroatoms. The number of nitrogens with one attached hydrogen (secondary N) is 2. The van der Waals surface area contributed by atoms with Crippen LogP contribution in [0.2, 0.25) is 0 Å². The number of benzene rings is 1. The molecule has 17 heavy (non-hydrogen) atoms. The van der Waals surface area contributed by atoms with Crippen molar-refractivity contribution in [2.24, 2.45) is 0 Å². The standard InChI is InChI=1S/C13H17N3O/c17-8-4-7-14-10-12-9-13(16-15-12)11-5-2-1-3-6-11/h1-3,5-6,9,14,17H,4,7-8,10H2,(H,15,16). The van der Waals surface area contributed by atoms with E-state index in [9.17, 15) is 0 Å². The van der Waals surface area contributed by atoms with E-state index in [4.69, 9.17) is 5.11 Å². The van der Waals surface area contributed by atoms with Crippen LogP contribution < -0.4 is 5.32 Å². The third-order valence-corrected chi connectivity index (χ3v) is 2.53. The lowest BCUT2D eigenvalue weighted by Crippen LogP contribution is -2.15. The molecule has 2 aromatic rings. The summed E-state index contributed by atoms with van der Waals surface area (Å²) in [5.41, 5.74) is 3.14. The average Bonchev–Trinajstić information content (AvgIpc) is 2.85. The van der Waals surface area contributed by atoms with Gasteiger partial charge in [-0.2, -0.15) is 5.10 Å². The first-order chi connectivity index (χ1) is 8.40. The Labute approximate surface area is 101 Å². The van der Waals surface area contributed by atoms with Gasteiger partial charge in [-0.15, -0.1) is 0 Å². The van der Waals surface area contributed by atoms with Gasteiger partial charge in [0.2, 0.25) is 0 Å². The Bertz CT molecular complexity index is 439. The zero-order valence-electron chi connectivity index (χ0n) is 9.69. The van der Waals surface area contributed by atoms with E-state index < -0.39 is 0 Å². The van der Waals surface area contributed by atoms with Gasteiger partial charge in [-0.1, -0.05) is 30.3 Å². The van der Waals surface area contributed by atoms with Crippen LogP contribution in [-0.2, 0) is 6.54 Å². The van der Waals surface area contributed by atoms with E-state index in [0.29, 0.717) is 0 Å². The van der Waals surface area contributed by atoms with Crippen LogP contribution in [-0.4, -0.2) is 28.5 Å². The molecule has 0 saturated heterocycles. The van der Waals surface area contributed by atoms with Gasteiger partial charge in [0.05, 0.1) is 5.69 Å². The summed E-state index contributed by atoms with van der Waals surface area (Å²) in [6, 6.07) is 12.1. The van der Waals surface area contributed by atoms with Gasteiger partial charge >= 0.3 is 0 Å². The first-order valence-corrected chi connectivity index (χ1v) is 5.81. The number of hydrogen-bond donors (Lipinski definition) is 3. The summed E-state index contributed by atoms with van der Waals surface area (Å²) in [5.74, 6) is 0. The van der Waals surface area contributed by atoms with Crippen LogP contribution in [0.3, 0.4) is 0 Å². The normalized spacial score (nSPS) is 10.6. The van der Waals surface area contributed by atoms with Crippen LogP contribution in [0, 0.1) is 0 Å². The zero-order valence-corrected chi connectivity index (χ0v) is 9.69. The monoisotopic (exact) mass is 231 g/mol. The Morgan fingerprint density at radius 2 is 2.06 bits per heavy atom. The summed E-state index contributed by atoms with van der Waals surface area (Å²) in [6.07, 6.45) is 0.777. The van der Waals surface area contributed by atoms with Gasteiger partial charge in [-0.05, 0) is 19.0 Å². The number of nitrogens with zero attached hydrogens (tertiary/aromatic N) is 1. The lowest BCUT2D eigenvalue weighted by Gasteiger charge is -1.99. The maximum Gasteiger partial charge on any atom is 0.0924 e. The van der Waals surface area contributed by atoms with Gasteiger partial charge in [0.1, 0.15) is 0 Å². The minimum Gasteiger partial charge on any atom is -0.396 e. The molecule has 0 bridgehead atoms. The van der Waals surface area contributed by atoms with E-state index in [2.05, 4.69) is 15.5 Å². The molecule has 1 aromatic carbocycles. The zero-order chi connectivity index (χ0) is 11.9. The van der Waals surface area contributed by atoms with Crippen molar-refractivity contribution in [3.05, 3.63) is 42.1 Å². The van der Waals surface area contributed by atoms with Crippen molar-refractivity contribution >= 4 is 0 Å². The van der Waals surface area contributed by atoms with Gasteiger partial charge in [0, 0.05) is 24.4 Å². The minimum absolute atomic E-state index is 0.227. The van der Waals surface area contributed by atoms with E-state index in [1.807, 2.05) is 36.4 Å². The molecule has 0 saturated carbocycles. The van der Waals surface area contributed by atoms with E-state index >= 15 is 0 Å². The average molecular weight is 231 g/mol. The maximum atomic E-state index is 8.66. The molecule has 0 aliphatic rings. The minimum atomic E-state index is 0.227. The lowest BCUT2D eigenvalue weighted by atomic mass is 10.1. The van der Waals surface area contributed by atoms with Crippen LogP contribution in [0.25, 0.3) is 11.3 Å². The van der Waals surface area contributed by atoms with Crippen molar-refractivity contribution in [1.29, 1.82) is 0 Å². The Balaban J connectivity index is 1.92.